The average molecular weight is 389 g/mol. The Morgan fingerprint density at radius 2 is 1.70 bits per heavy atom. The van der Waals surface area contributed by atoms with E-state index in [-0.39, 0.29) is 12.5 Å². The zero-order chi connectivity index (χ0) is 20.0. The van der Waals surface area contributed by atoms with Crippen LogP contribution in [-0.2, 0) is 14.3 Å². The molecule has 2 N–H and O–H groups in total. The van der Waals surface area contributed by atoms with Crippen LogP contribution in [0.2, 0.25) is 5.02 Å². The molecule has 142 valence electrons. The maximum absolute atomic E-state index is 12.1. The lowest BCUT2D eigenvalue weighted by Gasteiger charge is -2.14. The Morgan fingerprint density at radius 1 is 1.07 bits per heavy atom. The van der Waals surface area contributed by atoms with Gasteiger partial charge in [-0.25, -0.2) is 0 Å². The molecule has 2 amide bonds. The highest BCUT2D eigenvalue weighted by molar-refractivity contribution is 6.33. The van der Waals surface area contributed by atoms with Crippen LogP contribution < -0.4 is 10.6 Å². The third kappa shape index (κ3) is 6.11. The molecule has 0 saturated heterocycles. The van der Waals surface area contributed by atoms with E-state index >= 15 is 0 Å². The average Bonchev–Trinajstić information content (AvgIpc) is 2.60. The van der Waals surface area contributed by atoms with Gasteiger partial charge in [-0.05, 0) is 45.0 Å². The van der Waals surface area contributed by atoms with Crippen LogP contribution in [0.3, 0.4) is 0 Å². The molecule has 7 heteroatoms. The van der Waals surface area contributed by atoms with Gasteiger partial charge in [0.25, 0.3) is 11.8 Å². The number of ether oxygens (including phenoxy) is 1. The molecule has 0 spiro atoms. The second kappa shape index (κ2) is 9.19. The quantitative estimate of drug-likeness (QED) is 0.744. The standard InChI is InChI=1S/C20H21ClN2O4/c1-12-8-13(2)10-15(9-12)20(26)22-11-18(24)27-14(3)19(25)23-17-7-5-4-6-16(17)21/h4-10,14H,11H2,1-3H3,(H,22,26)(H,23,25). The molecular formula is C20H21ClN2O4. The number of halogens is 1. The minimum atomic E-state index is -1.04. The van der Waals surface area contributed by atoms with Gasteiger partial charge in [-0.15, -0.1) is 0 Å². The van der Waals surface area contributed by atoms with Gasteiger partial charge >= 0.3 is 5.97 Å². The second-order valence-corrected chi connectivity index (χ2v) is 6.57. The fraction of sp³-hybridized carbons (Fsp3) is 0.250. The third-order valence-electron chi connectivity index (χ3n) is 3.69. The summed E-state index contributed by atoms with van der Waals surface area (Å²) in [6.07, 6.45) is -1.04. The summed E-state index contributed by atoms with van der Waals surface area (Å²) >= 11 is 5.97. The smallest absolute Gasteiger partial charge is 0.326 e. The van der Waals surface area contributed by atoms with Gasteiger partial charge in [-0.1, -0.05) is 40.9 Å². The minimum absolute atomic E-state index is 0.338. The minimum Gasteiger partial charge on any atom is -0.451 e. The number of carbonyl (C=O) groups excluding carboxylic acids is 3. The van der Waals surface area contributed by atoms with Crippen LogP contribution in [0, 0.1) is 13.8 Å². The first-order valence-corrected chi connectivity index (χ1v) is 8.75. The molecular weight excluding hydrogens is 368 g/mol. The predicted molar refractivity (Wildman–Crippen MR) is 104 cm³/mol. The number of benzene rings is 2. The fourth-order valence-electron chi connectivity index (χ4n) is 2.45. The first-order valence-electron chi connectivity index (χ1n) is 8.37. The van der Waals surface area contributed by atoms with Gasteiger partial charge in [0.05, 0.1) is 10.7 Å². The highest BCUT2D eigenvalue weighted by atomic mass is 35.5. The van der Waals surface area contributed by atoms with Crippen molar-refractivity contribution >= 4 is 35.1 Å². The van der Waals surface area contributed by atoms with E-state index in [4.69, 9.17) is 16.3 Å². The number of hydrogen-bond acceptors (Lipinski definition) is 4. The molecule has 1 atom stereocenters. The van der Waals surface area contributed by atoms with Crippen molar-refractivity contribution in [2.75, 3.05) is 11.9 Å². The Kier molecular flexibility index (Phi) is 6.96. The predicted octanol–water partition coefficient (Wildman–Crippen LogP) is 3.26. The summed E-state index contributed by atoms with van der Waals surface area (Å²) in [5.74, 6) is -1.61. The third-order valence-corrected chi connectivity index (χ3v) is 4.02. The first-order chi connectivity index (χ1) is 12.8. The van der Waals surface area contributed by atoms with Crippen LogP contribution in [0.15, 0.2) is 42.5 Å². The summed E-state index contributed by atoms with van der Waals surface area (Å²) in [4.78, 5) is 36.1. The highest BCUT2D eigenvalue weighted by Crippen LogP contribution is 2.20. The van der Waals surface area contributed by atoms with Crippen molar-refractivity contribution in [1.82, 2.24) is 5.32 Å². The Labute approximate surface area is 162 Å². The van der Waals surface area contributed by atoms with E-state index < -0.39 is 18.0 Å². The van der Waals surface area contributed by atoms with Gasteiger partial charge in [-0.2, -0.15) is 0 Å². The molecule has 1 unspecified atom stereocenters. The molecule has 0 radical (unpaired) electrons. The molecule has 27 heavy (non-hydrogen) atoms. The maximum Gasteiger partial charge on any atom is 0.326 e. The van der Waals surface area contributed by atoms with E-state index in [9.17, 15) is 14.4 Å². The summed E-state index contributed by atoms with van der Waals surface area (Å²) in [6.45, 7) is 4.88. The van der Waals surface area contributed by atoms with E-state index in [2.05, 4.69) is 10.6 Å². The summed E-state index contributed by atoms with van der Waals surface area (Å²) in [6, 6.07) is 12.1. The van der Waals surface area contributed by atoms with Crippen molar-refractivity contribution in [3.63, 3.8) is 0 Å². The van der Waals surface area contributed by atoms with E-state index in [1.165, 1.54) is 6.92 Å². The first kappa shape index (κ1) is 20.5. The number of hydrogen-bond donors (Lipinski definition) is 2. The SMILES string of the molecule is Cc1cc(C)cc(C(=O)NCC(=O)OC(C)C(=O)Nc2ccccc2Cl)c1. The largest absolute Gasteiger partial charge is 0.451 e. The van der Waals surface area contributed by atoms with Crippen LogP contribution in [0.5, 0.6) is 0 Å². The van der Waals surface area contributed by atoms with Crippen LogP contribution in [0.1, 0.15) is 28.4 Å². The van der Waals surface area contributed by atoms with Gasteiger partial charge in [0.2, 0.25) is 0 Å². The Bertz CT molecular complexity index is 847. The Hall–Kier alpha value is -2.86. The molecule has 0 bridgehead atoms. The number of anilines is 1. The molecule has 2 rings (SSSR count). The second-order valence-electron chi connectivity index (χ2n) is 6.16. The van der Waals surface area contributed by atoms with Crippen molar-refractivity contribution in [2.24, 2.45) is 0 Å². The molecule has 2 aromatic carbocycles. The fourth-order valence-corrected chi connectivity index (χ4v) is 2.63. The monoisotopic (exact) mass is 388 g/mol. The maximum atomic E-state index is 12.1. The van der Waals surface area contributed by atoms with Crippen LogP contribution in [0.4, 0.5) is 5.69 Å². The molecule has 0 heterocycles. The van der Waals surface area contributed by atoms with E-state index in [1.54, 1.807) is 36.4 Å². The lowest BCUT2D eigenvalue weighted by molar-refractivity contribution is -0.152. The number of nitrogens with one attached hydrogen (secondary N) is 2. The molecule has 2 aromatic rings. The molecule has 0 saturated carbocycles. The lowest BCUT2D eigenvalue weighted by atomic mass is 10.1. The van der Waals surface area contributed by atoms with E-state index in [1.807, 2.05) is 19.9 Å². The van der Waals surface area contributed by atoms with Crippen molar-refractivity contribution in [3.05, 3.63) is 64.2 Å². The van der Waals surface area contributed by atoms with Gasteiger partial charge in [-0.3, -0.25) is 14.4 Å². The number of aryl methyl sites for hydroxylation is 2. The normalized spacial score (nSPS) is 11.4. The molecule has 0 aromatic heterocycles. The summed E-state index contributed by atoms with van der Waals surface area (Å²) in [5.41, 5.74) is 2.79. The zero-order valence-corrected chi connectivity index (χ0v) is 16.1. The van der Waals surface area contributed by atoms with Crippen molar-refractivity contribution in [2.45, 2.75) is 26.9 Å². The number of amides is 2. The summed E-state index contributed by atoms with van der Waals surface area (Å²) in [5, 5.41) is 5.45. The van der Waals surface area contributed by atoms with Gasteiger partial charge < -0.3 is 15.4 Å². The molecule has 6 nitrogen and oxygen atoms in total. The van der Waals surface area contributed by atoms with Gasteiger partial charge in [0.15, 0.2) is 6.10 Å². The Balaban J connectivity index is 1.84. The Morgan fingerprint density at radius 3 is 2.33 bits per heavy atom. The molecule has 0 aliphatic heterocycles. The van der Waals surface area contributed by atoms with Crippen LogP contribution >= 0.6 is 11.6 Å². The molecule has 0 fully saturated rings. The van der Waals surface area contributed by atoms with Gasteiger partial charge in [0, 0.05) is 5.56 Å². The number of rotatable bonds is 6. The number of carbonyl (C=O) groups is 3. The van der Waals surface area contributed by atoms with Crippen molar-refractivity contribution in [1.29, 1.82) is 0 Å². The zero-order valence-electron chi connectivity index (χ0n) is 15.3. The van der Waals surface area contributed by atoms with Crippen LogP contribution in [-0.4, -0.2) is 30.4 Å². The van der Waals surface area contributed by atoms with Gasteiger partial charge in [0.1, 0.15) is 6.54 Å². The van der Waals surface area contributed by atoms with Crippen molar-refractivity contribution < 1.29 is 19.1 Å². The lowest BCUT2D eigenvalue weighted by Crippen LogP contribution is -2.35. The number of para-hydroxylation sites is 1. The highest BCUT2D eigenvalue weighted by Gasteiger charge is 2.19. The molecule has 0 aliphatic rings. The van der Waals surface area contributed by atoms with Crippen LogP contribution in [0.25, 0.3) is 0 Å². The van der Waals surface area contributed by atoms with Crippen molar-refractivity contribution in [3.8, 4) is 0 Å². The summed E-state index contributed by atoms with van der Waals surface area (Å²) < 4.78 is 5.05. The van der Waals surface area contributed by atoms with E-state index in [0.717, 1.165) is 11.1 Å². The summed E-state index contributed by atoms with van der Waals surface area (Å²) in [7, 11) is 0. The van der Waals surface area contributed by atoms with E-state index in [0.29, 0.717) is 16.3 Å². The number of esters is 1. The molecule has 0 aliphatic carbocycles. The topological polar surface area (TPSA) is 84.5 Å².